The van der Waals surface area contributed by atoms with Gasteiger partial charge in [0.25, 0.3) is 0 Å². The van der Waals surface area contributed by atoms with Gasteiger partial charge in [-0.3, -0.25) is 11.3 Å². The number of rotatable bonds is 6. The summed E-state index contributed by atoms with van der Waals surface area (Å²) in [5.41, 5.74) is 5.56. The molecule has 106 valence electrons. The first-order valence-corrected chi connectivity index (χ1v) is 6.98. The van der Waals surface area contributed by atoms with E-state index in [2.05, 4.69) is 36.6 Å². The summed E-state index contributed by atoms with van der Waals surface area (Å²) >= 11 is 0. The highest BCUT2D eigenvalue weighted by Gasteiger charge is 2.27. The van der Waals surface area contributed by atoms with Gasteiger partial charge in [0.1, 0.15) is 0 Å². The summed E-state index contributed by atoms with van der Waals surface area (Å²) in [6, 6.07) is 8.60. The maximum absolute atomic E-state index is 5.92. The van der Waals surface area contributed by atoms with E-state index in [0.29, 0.717) is 0 Å². The zero-order chi connectivity index (χ0) is 13.7. The molecule has 0 amide bonds. The Hall–Kier alpha value is -0.940. The van der Waals surface area contributed by atoms with Crippen LogP contribution in [-0.2, 0) is 15.9 Å². The molecule has 19 heavy (non-hydrogen) atoms. The third kappa shape index (κ3) is 3.34. The van der Waals surface area contributed by atoms with Crippen LogP contribution < -0.4 is 11.3 Å². The Balaban J connectivity index is 2.10. The van der Waals surface area contributed by atoms with E-state index in [0.717, 1.165) is 25.9 Å². The third-order valence-corrected chi connectivity index (χ3v) is 3.93. The summed E-state index contributed by atoms with van der Waals surface area (Å²) in [5, 5.41) is 0. The van der Waals surface area contributed by atoms with Gasteiger partial charge in [-0.2, -0.15) is 0 Å². The predicted molar refractivity (Wildman–Crippen MR) is 75.7 cm³/mol. The first kappa shape index (κ1) is 14.5. The van der Waals surface area contributed by atoms with Crippen molar-refractivity contribution in [2.24, 2.45) is 5.84 Å². The van der Waals surface area contributed by atoms with Crippen LogP contribution in [0.25, 0.3) is 0 Å². The monoisotopic (exact) mass is 264 g/mol. The van der Waals surface area contributed by atoms with Crippen molar-refractivity contribution < 1.29 is 9.47 Å². The molecule has 0 radical (unpaired) electrons. The van der Waals surface area contributed by atoms with Crippen molar-refractivity contribution >= 4 is 0 Å². The number of nitrogens with one attached hydrogen (secondary N) is 1. The second-order valence-corrected chi connectivity index (χ2v) is 5.00. The van der Waals surface area contributed by atoms with E-state index >= 15 is 0 Å². The highest BCUT2D eigenvalue weighted by molar-refractivity contribution is 5.31. The lowest BCUT2D eigenvalue weighted by atomic mass is 9.92. The number of ether oxygens (including phenoxy) is 2. The highest BCUT2D eigenvalue weighted by atomic mass is 16.5. The van der Waals surface area contributed by atoms with E-state index in [-0.39, 0.29) is 18.2 Å². The molecular formula is C15H24N2O2. The highest BCUT2D eigenvalue weighted by Crippen LogP contribution is 2.31. The van der Waals surface area contributed by atoms with Crippen LogP contribution in [0.4, 0.5) is 0 Å². The minimum Gasteiger partial charge on any atom is -0.380 e. The summed E-state index contributed by atoms with van der Waals surface area (Å²) in [4.78, 5) is 0. The minimum absolute atomic E-state index is 0.103. The van der Waals surface area contributed by atoms with Crippen molar-refractivity contribution in [3.63, 3.8) is 0 Å². The first-order valence-electron chi connectivity index (χ1n) is 6.98. The summed E-state index contributed by atoms with van der Waals surface area (Å²) in [6.07, 6.45) is 2.98. The van der Waals surface area contributed by atoms with Gasteiger partial charge in [-0.1, -0.05) is 31.2 Å². The van der Waals surface area contributed by atoms with Gasteiger partial charge in [0.15, 0.2) is 0 Å². The topological polar surface area (TPSA) is 56.5 Å². The number of fused-ring (bicyclic) bond motifs is 1. The number of nitrogens with two attached hydrogens (primary N) is 1. The van der Waals surface area contributed by atoms with Gasteiger partial charge in [-0.25, -0.2) is 0 Å². The molecule has 1 aliphatic rings. The fraction of sp³-hybridized carbons (Fsp3) is 0.600. The molecule has 1 aromatic carbocycles. The molecule has 4 heteroatoms. The fourth-order valence-corrected chi connectivity index (χ4v) is 2.85. The van der Waals surface area contributed by atoms with Gasteiger partial charge < -0.3 is 9.47 Å². The molecule has 3 unspecified atom stereocenters. The van der Waals surface area contributed by atoms with E-state index in [9.17, 15) is 0 Å². The lowest BCUT2D eigenvalue weighted by Crippen LogP contribution is -2.46. The van der Waals surface area contributed by atoms with Crippen molar-refractivity contribution in [1.82, 2.24) is 5.43 Å². The van der Waals surface area contributed by atoms with Gasteiger partial charge in [-0.05, 0) is 30.4 Å². The van der Waals surface area contributed by atoms with E-state index < -0.39 is 0 Å². The largest absolute Gasteiger partial charge is 0.380 e. The molecule has 0 aromatic heterocycles. The van der Waals surface area contributed by atoms with Crippen molar-refractivity contribution in [2.45, 2.75) is 44.4 Å². The minimum atomic E-state index is 0.103. The maximum Gasteiger partial charge on any atom is 0.0844 e. The molecule has 0 bridgehead atoms. The van der Waals surface area contributed by atoms with Crippen molar-refractivity contribution in [3.8, 4) is 0 Å². The quantitative estimate of drug-likeness (QED) is 0.609. The fourth-order valence-electron chi connectivity index (χ4n) is 2.85. The van der Waals surface area contributed by atoms with Crippen LogP contribution in [0.5, 0.6) is 0 Å². The summed E-state index contributed by atoms with van der Waals surface area (Å²) in [5.74, 6) is 5.68. The molecule has 4 nitrogen and oxygen atoms in total. The normalized spacial score (nSPS) is 21.7. The van der Waals surface area contributed by atoms with Gasteiger partial charge in [-0.15, -0.1) is 0 Å². The van der Waals surface area contributed by atoms with E-state index in [4.69, 9.17) is 15.3 Å². The van der Waals surface area contributed by atoms with Gasteiger partial charge >= 0.3 is 0 Å². The van der Waals surface area contributed by atoms with Gasteiger partial charge in [0, 0.05) is 7.11 Å². The van der Waals surface area contributed by atoms with Gasteiger partial charge in [0.05, 0.1) is 24.9 Å². The lowest BCUT2D eigenvalue weighted by Gasteiger charge is -2.31. The Morgan fingerprint density at radius 1 is 1.47 bits per heavy atom. The van der Waals surface area contributed by atoms with Gasteiger partial charge in [0.2, 0.25) is 0 Å². The Bertz CT molecular complexity index is 393. The molecule has 1 aliphatic heterocycles. The number of hydrazine groups is 1. The SMILES string of the molecule is CCC(OC)C(CC1OCCc2ccccc21)NN. The van der Waals surface area contributed by atoms with E-state index in [1.165, 1.54) is 11.1 Å². The molecule has 0 aliphatic carbocycles. The van der Waals surface area contributed by atoms with Crippen LogP contribution in [0.15, 0.2) is 24.3 Å². The van der Waals surface area contributed by atoms with E-state index in [1.807, 2.05) is 0 Å². The molecule has 1 heterocycles. The third-order valence-electron chi connectivity index (χ3n) is 3.93. The Morgan fingerprint density at radius 2 is 2.26 bits per heavy atom. The van der Waals surface area contributed by atoms with E-state index in [1.54, 1.807) is 7.11 Å². The van der Waals surface area contributed by atoms with Crippen LogP contribution in [0.3, 0.4) is 0 Å². The van der Waals surface area contributed by atoms with Crippen molar-refractivity contribution in [2.75, 3.05) is 13.7 Å². The molecule has 3 atom stereocenters. The van der Waals surface area contributed by atoms with Crippen molar-refractivity contribution in [1.29, 1.82) is 0 Å². The van der Waals surface area contributed by atoms with Crippen molar-refractivity contribution in [3.05, 3.63) is 35.4 Å². The lowest BCUT2D eigenvalue weighted by molar-refractivity contribution is 0.000792. The Morgan fingerprint density at radius 3 is 2.95 bits per heavy atom. The van der Waals surface area contributed by atoms with Crippen LogP contribution >= 0.6 is 0 Å². The van der Waals surface area contributed by atoms with Crippen LogP contribution in [0.2, 0.25) is 0 Å². The smallest absolute Gasteiger partial charge is 0.0844 e. The zero-order valence-electron chi connectivity index (χ0n) is 11.8. The number of methoxy groups -OCH3 is 1. The molecule has 1 aromatic rings. The summed E-state index contributed by atoms with van der Waals surface area (Å²) in [6.45, 7) is 2.89. The second-order valence-electron chi connectivity index (χ2n) is 5.00. The standard InChI is InChI=1S/C15H24N2O2/c1-3-14(18-2)13(17-16)10-15-12-7-5-4-6-11(12)8-9-19-15/h4-7,13-15,17H,3,8-10,16H2,1-2H3. The number of hydrogen-bond acceptors (Lipinski definition) is 4. The number of benzene rings is 1. The maximum atomic E-state index is 5.92. The molecule has 2 rings (SSSR count). The molecular weight excluding hydrogens is 240 g/mol. The molecule has 0 spiro atoms. The van der Waals surface area contributed by atoms with Crippen LogP contribution in [-0.4, -0.2) is 25.9 Å². The second kappa shape index (κ2) is 7.01. The van der Waals surface area contributed by atoms with Crippen LogP contribution in [0.1, 0.15) is 37.0 Å². The first-order chi connectivity index (χ1) is 9.30. The molecule has 0 fully saturated rings. The van der Waals surface area contributed by atoms with Crippen LogP contribution in [0, 0.1) is 0 Å². The summed E-state index contributed by atoms with van der Waals surface area (Å²) in [7, 11) is 1.73. The molecule has 0 saturated heterocycles. The average Bonchev–Trinajstić information content (AvgIpc) is 2.47. The zero-order valence-corrected chi connectivity index (χ0v) is 11.8. The molecule has 3 N–H and O–H groups in total. The molecule has 0 saturated carbocycles. The predicted octanol–water partition coefficient (Wildman–Crippen LogP) is 1.95. The Kier molecular flexibility index (Phi) is 5.34. The summed E-state index contributed by atoms with van der Waals surface area (Å²) < 4.78 is 11.4. The Labute approximate surface area is 115 Å². The number of hydrogen-bond donors (Lipinski definition) is 2. The average molecular weight is 264 g/mol.